The molecule has 0 aromatic heterocycles. The van der Waals surface area contributed by atoms with Gasteiger partial charge in [-0.15, -0.1) is 0 Å². The first-order valence-electron chi connectivity index (χ1n) is 6.34. The Morgan fingerprint density at radius 3 is 3.12 bits per heavy atom. The van der Waals surface area contributed by atoms with Gasteiger partial charge in [-0.25, -0.2) is 0 Å². The second-order valence-electron chi connectivity index (χ2n) is 4.51. The number of fused-ring (bicyclic) bond motifs is 1. The summed E-state index contributed by atoms with van der Waals surface area (Å²) in [6.45, 7) is 6.30. The van der Waals surface area contributed by atoms with E-state index in [4.69, 9.17) is 4.74 Å². The number of hydrogen-bond donors (Lipinski definition) is 1. The third kappa shape index (κ3) is 3.39. The van der Waals surface area contributed by atoms with Crippen LogP contribution in [0, 0.1) is 0 Å². The van der Waals surface area contributed by atoms with E-state index < -0.39 is 0 Å². The predicted octanol–water partition coefficient (Wildman–Crippen LogP) is 2.89. The van der Waals surface area contributed by atoms with E-state index in [1.807, 2.05) is 17.8 Å². The third-order valence-corrected chi connectivity index (χ3v) is 4.23. The first-order valence-corrected chi connectivity index (χ1v) is 7.49. The van der Waals surface area contributed by atoms with Gasteiger partial charge in [-0.2, -0.15) is 11.8 Å². The van der Waals surface area contributed by atoms with Crippen LogP contribution in [0.4, 0.5) is 0 Å². The third-order valence-electron chi connectivity index (χ3n) is 3.08. The van der Waals surface area contributed by atoms with Gasteiger partial charge >= 0.3 is 0 Å². The highest BCUT2D eigenvalue weighted by Gasteiger charge is 2.23. The lowest BCUT2D eigenvalue weighted by atomic mass is 10.0. The first kappa shape index (κ1) is 12.8. The second kappa shape index (κ2) is 6.31. The molecule has 0 bridgehead atoms. The molecular weight excluding hydrogens is 230 g/mol. The molecule has 0 saturated heterocycles. The molecule has 94 valence electrons. The van der Waals surface area contributed by atoms with Gasteiger partial charge in [-0.05, 0) is 18.7 Å². The largest absolute Gasteiger partial charge is 0.493 e. The molecule has 1 aliphatic heterocycles. The molecule has 3 heteroatoms. The number of para-hydroxylation sites is 1. The van der Waals surface area contributed by atoms with Crippen molar-refractivity contribution in [2.75, 3.05) is 24.7 Å². The molecule has 0 aliphatic carbocycles. The average Bonchev–Trinajstić information content (AvgIpc) is 2.77. The lowest BCUT2D eigenvalue weighted by molar-refractivity contribution is 0.324. The van der Waals surface area contributed by atoms with Crippen molar-refractivity contribution in [2.24, 2.45) is 0 Å². The number of nitrogens with one attached hydrogen (secondary N) is 1. The summed E-state index contributed by atoms with van der Waals surface area (Å²) in [5.74, 6) is 3.96. The van der Waals surface area contributed by atoms with Gasteiger partial charge in [0, 0.05) is 29.8 Å². The van der Waals surface area contributed by atoms with Crippen LogP contribution in [0.3, 0.4) is 0 Å². The fourth-order valence-corrected chi connectivity index (χ4v) is 2.80. The monoisotopic (exact) mass is 251 g/mol. The van der Waals surface area contributed by atoms with Crippen LogP contribution in [-0.2, 0) is 0 Å². The van der Waals surface area contributed by atoms with E-state index in [0.29, 0.717) is 12.0 Å². The van der Waals surface area contributed by atoms with Crippen LogP contribution >= 0.6 is 11.8 Å². The zero-order valence-electron chi connectivity index (χ0n) is 10.6. The summed E-state index contributed by atoms with van der Waals surface area (Å²) in [4.78, 5) is 0. The van der Waals surface area contributed by atoms with E-state index in [0.717, 1.165) is 18.9 Å². The van der Waals surface area contributed by atoms with E-state index in [9.17, 15) is 0 Å². The average molecular weight is 251 g/mol. The van der Waals surface area contributed by atoms with E-state index >= 15 is 0 Å². The number of benzene rings is 1. The fraction of sp³-hybridized carbons (Fsp3) is 0.571. The normalized spacial score (nSPS) is 19.8. The Balaban J connectivity index is 1.81. The molecule has 0 radical (unpaired) electrons. The van der Waals surface area contributed by atoms with Crippen molar-refractivity contribution in [1.29, 1.82) is 0 Å². The van der Waals surface area contributed by atoms with Crippen molar-refractivity contribution < 1.29 is 4.74 Å². The predicted molar refractivity (Wildman–Crippen MR) is 75.1 cm³/mol. The standard InChI is InChI=1S/C14H21NOS/c1-3-17-10-11(2)15-8-12-9-16-14-7-5-4-6-13(12)14/h4-7,11-12,15H,3,8-10H2,1-2H3. The minimum Gasteiger partial charge on any atom is -0.493 e. The minimum atomic E-state index is 0.514. The van der Waals surface area contributed by atoms with Crippen LogP contribution in [0.5, 0.6) is 5.75 Å². The summed E-state index contributed by atoms with van der Waals surface area (Å²) in [7, 11) is 0. The molecule has 2 atom stereocenters. The Hall–Kier alpha value is -0.670. The molecule has 1 heterocycles. The van der Waals surface area contributed by atoms with Crippen LogP contribution in [0.25, 0.3) is 0 Å². The van der Waals surface area contributed by atoms with Crippen molar-refractivity contribution >= 4 is 11.8 Å². The number of rotatable bonds is 6. The van der Waals surface area contributed by atoms with Crippen molar-refractivity contribution in [2.45, 2.75) is 25.8 Å². The van der Waals surface area contributed by atoms with Gasteiger partial charge in [0.15, 0.2) is 0 Å². The molecule has 0 amide bonds. The molecule has 2 nitrogen and oxygen atoms in total. The molecule has 1 aromatic rings. The van der Waals surface area contributed by atoms with Crippen LogP contribution in [0.1, 0.15) is 25.3 Å². The van der Waals surface area contributed by atoms with Gasteiger partial charge in [0.25, 0.3) is 0 Å². The van der Waals surface area contributed by atoms with Crippen molar-refractivity contribution in [3.8, 4) is 5.75 Å². The molecule has 2 rings (SSSR count). The molecule has 17 heavy (non-hydrogen) atoms. The topological polar surface area (TPSA) is 21.3 Å². The smallest absolute Gasteiger partial charge is 0.122 e. The summed E-state index contributed by atoms with van der Waals surface area (Å²) in [6, 6.07) is 8.95. The van der Waals surface area contributed by atoms with E-state index in [2.05, 4.69) is 37.4 Å². The van der Waals surface area contributed by atoms with Gasteiger partial charge < -0.3 is 10.1 Å². The quantitative estimate of drug-likeness (QED) is 0.840. The van der Waals surface area contributed by atoms with Gasteiger partial charge in [0.1, 0.15) is 5.75 Å². The molecule has 1 N–H and O–H groups in total. The maximum absolute atomic E-state index is 5.68. The maximum Gasteiger partial charge on any atom is 0.122 e. The van der Waals surface area contributed by atoms with Gasteiger partial charge in [-0.1, -0.05) is 25.1 Å². The van der Waals surface area contributed by atoms with Gasteiger partial charge in [0.05, 0.1) is 6.61 Å². The second-order valence-corrected chi connectivity index (χ2v) is 5.83. The van der Waals surface area contributed by atoms with E-state index in [1.165, 1.54) is 17.1 Å². The summed E-state index contributed by atoms with van der Waals surface area (Å²) < 4.78 is 5.68. The molecule has 0 spiro atoms. The van der Waals surface area contributed by atoms with Crippen LogP contribution < -0.4 is 10.1 Å². The Labute approximate surface area is 108 Å². The van der Waals surface area contributed by atoms with Gasteiger partial charge in [-0.3, -0.25) is 0 Å². The fourth-order valence-electron chi connectivity index (χ4n) is 2.10. The Morgan fingerprint density at radius 1 is 1.47 bits per heavy atom. The van der Waals surface area contributed by atoms with Crippen molar-refractivity contribution in [1.82, 2.24) is 5.32 Å². The maximum atomic E-state index is 5.68. The molecule has 0 saturated carbocycles. The lowest BCUT2D eigenvalue weighted by Gasteiger charge is -2.16. The minimum absolute atomic E-state index is 0.514. The molecule has 0 fully saturated rings. The highest BCUT2D eigenvalue weighted by molar-refractivity contribution is 7.99. The summed E-state index contributed by atoms with van der Waals surface area (Å²) >= 11 is 1.99. The van der Waals surface area contributed by atoms with Crippen LogP contribution in [0.15, 0.2) is 24.3 Å². The first-order chi connectivity index (χ1) is 8.31. The van der Waals surface area contributed by atoms with E-state index in [1.54, 1.807) is 0 Å². The van der Waals surface area contributed by atoms with Gasteiger partial charge in [0.2, 0.25) is 0 Å². The van der Waals surface area contributed by atoms with Crippen LogP contribution in [-0.4, -0.2) is 30.7 Å². The zero-order chi connectivity index (χ0) is 12.1. The van der Waals surface area contributed by atoms with Crippen LogP contribution in [0.2, 0.25) is 0 Å². The molecule has 1 aliphatic rings. The summed E-state index contributed by atoms with van der Waals surface area (Å²) in [5.41, 5.74) is 1.36. The lowest BCUT2D eigenvalue weighted by Crippen LogP contribution is -2.32. The highest BCUT2D eigenvalue weighted by Crippen LogP contribution is 2.32. The number of thioether (sulfide) groups is 1. The zero-order valence-corrected chi connectivity index (χ0v) is 11.4. The molecular formula is C14H21NOS. The Morgan fingerprint density at radius 2 is 2.29 bits per heavy atom. The van der Waals surface area contributed by atoms with Crippen molar-refractivity contribution in [3.63, 3.8) is 0 Å². The summed E-state index contributed by atoms with van der Waals surface area (Å²) in [6.07, 6.45) is 0. The molecule has 1 aromatic carbocycles. The number of hydrogen-bond acceptors (Lipinski definition) is 3. The van der Waals surface area contributed by atoms with E-state index in [-0.39, 0.29) is 0 Å². The summed E-state index contributed by atoms with van der Waals surface area (Å²) in [5, 5.41) is 3.60. The Bertz CT molecular complexity index is 356. The number of ether oxygens (including phenoxy) is 1. The molecule has 2 unspecified atom stereocenters. The van der Waals surface area contributed by atoms with Crippen molar-refractivity contribution in [3.05, 3.63) is 29.8 Å². The Kier molecular flexibility index (Phi) is 4.75. The highest BCUT2D eigenvalue weighted by atomic mass is 32.2. The SMILES string of the molecule is CCSCC(C)NCC1COc2ccccc21.